The van der Waals surface area contributed by atoms with E-state index in [1.165, 1.54) is 6.07 Å². The molecule has 0 radical (unpaired) electrons. The van der Waals surface area contributed by atoms with E-state index in [0.717, 1.165) is 30.5 Å². The van der Waals surface area contributed by atoms with Gasteiger partial charge in [0.05, 0.1) is 0 Å². The molecule has 5 heteroatoms. The molecule has 2 saturated carbocycles. The lowest BCUT2D eigenvalue weighted by Gasteiger charge is -2.22. The van der Waals surface area contributed by atoms with Gasteiger partial charge in [0.2, 0.25) is 5.91 Å². The quantitative estimate of drug-likeness (QED) is 0.839. The maximum absolute atomic E-state index is 13.9. The highest BCUT2D eigenvalue weighted by molar-refractivity contribution is 5.83. The van der Waals surface area contributed by atoms with E-state index in [9.17, 15) is 13.6 Å². The molecule has 0 bridgehead atoms. The third-order valence-corrected chi connectivity index (χ3v) is 4.81. The molecule has 124 valence electrons. The summed E-state index contributed by atoms with van der Waals surface area (Å²) in [6.07, 6.45) is 6.08. The van der Waals surface area contributed by atoms with E-state index < -0.39 is 11.6 Å². The first-order chi connectivity index (χ1) is 11.6. The highest BCUT2D eigenvalue weighted by Gasteiger charge is 2.49. The average molecular weight is 328 g/mol. The van der Waals surface area contributed by atoms with Gasteiger partial charge in [-0.1, -0.05) is 6.07 Å². The summed E-state index contributed by atoms with van der Waals surface area (Å²) in [7, 11) is 0. The molecule has 4 rings (SSSR count). The van der Waals surface area contributed by atoms with Gasteiger partial charge < -0.3 is 4.90 Å². The minimum absolute atomic E-state index is 0.0509. The number of hydrogen-bond donors (Lipinski definition) is 0. The molecule has 0 aliphatic heterocycles. The molecule has 0 spiro atoms. The van der Waals surface area contributed by atoms with Crippen LogP contribution in [0.2, 0.25) is 0 Å². The molecule has 1 aromatic carbocycles. The molecule has 0 N–H and O–H groups in total. The highest BCUT2D eigenvalue weighted by Crippen LogP contribution is 2.50. The van der Waals surface area contributed by atoms with E-state index in [-0.39, 0.29) is 23.8 Å². The number of benzene rings is 1. The number of pyridine rings is 1. The summed E-state index contributed by atoms with van der Waals surface area (Å²) in [5.41, 5.74) is 1.32. The van der Waals surface area contributed by atoms with Crippen molar-refractivity contribution in [2.45, 2.75) is 37.8 Å². The normalized spacial score (nSPS) is 22.2. The molecule has 0 unspecified atom stereocenters. The van der Waals surface area contributed by atoms with E-state index >= 15 is 0 Å². The van der Waals surface area contributed by atoms with Crippen molar-refractivity contribution < 1.29 is 13.6 Å². The summed E-state index contributed by atoms with van der Waals surface area (Å²) in [6, 6.07) is 7.54. The Labute approximate surface area is 139 Å². The Kier molecular flexibility index (Phi) is 3.79. The smallest absolute Gasteiger partial charge is 0.226 e. The molecule has 2 fully saturated rings. The zero-order chi connectivity index (χ0) is 16.7. The van der Waals surface area contributed by atoms with Gasteiger partial charge in [-0.3, -0.25) is 9.78 Å². The van der Waals surface area contributed by atoms with Crippen LogP contribution in [0.1, 0.15) is 36.3 Å². The van der Waals surface area contributed by atoms with Crippen molar-refractivity contribution in [3.8, 4) is 0 Å². The van der Waals surface area contributed by atoms with Crippen LogP contribution in [-0.2, 0) is 11.3 Å². The Hall–Kier alpha value is -2.30. The fraction of sp³-hybridized carbons (Fsp3) is 0.368. The van der Waals surface area contributed by atoms with Crippen LogP contribution < -0.4 is 0 Å². The van der Waals surface area contributed by atoms with Crippen LogP contribution in [-0.4, -0.2) is 21.8 Å². The summed E-state index contributed by atoms with van der Waals surface area (Å²) in [4.78, 5) is 18.8. The van der Waals surface area contributed by atoms with Crippen molar-refractivity contribution in [1.29, 1.82) is 0 Å². The van der Waals surface area contributed by atoms with Crippen molar-refractivity contribution in [2.24, 2.45) is 5.92 Å². The average Bonchev–Trinajstić information content (AvgIpc) is 3.48. The van der Waals surface area contributed by atoms with E-state index in [0.29, 0.717) is 18.5 Å². The molecule has 24 heavy (non-hydrogen) atoms. The SMILES string of the molecule is O=C([C@H]1C[C@@H]1c1cc(F)ccc1F)N(Cc1cccnc1)C1CC1. The van der Waals surface area contributed by atoms with Gasteiger partial charge in [-0.2, -0.15) is 0 Å². The van der Waals surface area contributed by atoms with E-state index in [4.69, 9.17) is 0 Å². The summed E-state index contributed by atoms with van der Waals surface area (Å²) in [5.74, 6) is -1.28. The van der Waals surface area contributed by atoms with Gasteiger partial charge in [0.1, 0.15) is 11.6 Å². The first-order valence-electron chi connectivity index (χ1n) is 8.28. The largest absolute Gasteiger partial charge is 0.335 e. The van der Waals surface area contributed by atoms with Gasteiger partial charge in [-0.05, 0) is 60.6 Å². The monoisotopic (exact) mass is 328 g/mol. The molecule has 1 aromatic heterocycles. The Morgan fingerprint density at radius 2 is 2.08 bits per heavy atom. The molecule has 2 aliphatic rings. The van der Waals surface area contributed by atoms with Gasteiger partial charge in [0.15, 0.2) is 0 Å². The van der Waals surface area contributed by atoms with E-state index in [1.54, 1.807) is 12.4 Å². The Bertz CT molecular complexity index is 761. The molecular weight excluding hydrogens is 310 g/mol. The summed E-state index contributed by atoms with van der Waals surface area (Å²) in [5, 5.41) is 0. The molecule has 0 saturated heterocycles. The lowest BCUT2D eigenvalue weighted by molar-refractivity contribution is -0.133. The highest BCUT2D eigenvalue weighted by atomic mass is 19.1. The van der Waals surface area contributed by atoms with Crippen LogP contribution >= 0.6 is 0 Å². The van der Waals surface area contributed by atoms with Gasteiger partial charge in [0, 0.05) is 30.9 Å². The van der Waals surface area contributed by atoms with Crippen LogP contribution in [0.15, 0.2) is 42.7 Å². The van der Waals surface area contributed by atoms with Crippen molar-refractivity contribution >= 4 is 5.91 Å². The van der Waals surface area contributed by atoms with E-state index in [2.05, 4.69) is 4.98 Å². The number of amides is 1. The summed E-state index contributed by atoms with van der Waals surface area (Å²) in [6.45, 7) is 0.534. The van der Waals surface area contributed by atoms with Crippen LogP contribution in [0.25, 0.3) is 0 Å². The number of nitrogens with zero attached hydrogens (tertiary/aromatic N) is 2. The third-order valence-electron chi connectivity index (χ3n) is 4.81. The van der Waals surface area contributed by atoms with Crippen LogP contribution in [0.5, 0.6) is 0 Å². The van der Waals surface area contributed by atoms with Crippen LogP contribution in [0, 0.1) is 17.6 Å². The lowest BCUT2D eigenvalue weighted by Crippen LogP contribution is -2.34. The number of rotatable bonds is 5. The predicted molar refractivity (Wildman–Crippen MR) is 85.0 cm³/mol. The number of halogens is 2. The number of carbonyl (C=O) groups is 1. The summed E-state index contributed by atoms with van der Waals surface area (Å²) >= 11 is 0. The Morgan fingerprint density at radius 1 is 1.25 bits per heavy atom. The maximum atomic E-state index is 13.9. The van der Waals surface area contributed by atoms with Gasteiger partial charge in [0.25, 0.3) is 0 Å². The zero-order valence-electron chi connectivity index (χ0n) is 13.2. The van der Waals surface area contributed by atoms with Crippen molar-refractivity contribution in [1.82, 2.24) is 9.88 Å². The van der Waals surface area contributed by atoms with Crippen LogP contribution in [0.3, 0.4) is 0 Å². The first kappa shape index (κ1) is 15.2. The third kappa shape index (κ3) is 3.03. The summed E-state index contributed by atoms with van der Waals surface area (Å²) < 4.78 is 27.3. The standard InChI is InChI=1S/C19H18F2N2O/c20-13-3-6-18(21)16(8-13)15-9-17(15)19(24)23(14-4-5-14)11-12-2-1-7-22-10-12/h1-3,6-8,10,14-15,17H,4-5,9,11H2/t15-,17+/m1/s1. The topological polar surface area (TPSA) is 33.2 Å². The predicted octanol–water partition coefficient (Wildman–Crippen LogP) is 3.65. The fourth-order valence-corrected chi connectivity index (χ4v) is 3.28. The molecule has 2 aliphatic carbocycles. The Balaban J connectivity index is 1.49. The second kappa shape index (κ2) is 5.96. The minimum atomic E-state index is -0.459. The second-order valence-electron chi connectivity index (χ2n) is 6.67. The molecule has 3 nitrogen and oxygen atoms in total. The molecule has 1 amide bonds. The van der Waals surface area contributed by atoms with Gasteiger partial charge in [-0.15, -0.1) is 0 Å². The molecular formula is C19H18F2N2O. The number of carbonyl (C=O) groups excluding carboxylic acids is 1. The minimum Gasteiger partial charge on any atom is -0.335 e. The molecule has 1 heterocycles. The van der Waals surface area contributed by atoms with Crippen molar-refractivity contribution in [3.63, 3.8) is 0 Å². The Morgan fingerprint density at radius 3 is 2.79 bits per heavy atom. The van der Waals surface area contributed by atoms with Crippen LogP contribution in [0.4, 0.5) is 8.78 Å². The number of hydrogen-bond acceptors (Lipinski definition) is 2. The molecule has 2 aromatic rings. The van der Waals surface area contributed by atoms with Gasteiger partial charge >= 0.3 is 0 Å². The fourth-order valence-electron chi connectivity index (χ4n) is 3.28. The van der Waals surface area contributed by atoms with Crippen molar-refractivity contribution in [2.75, 3.05) is 0 Å². The molecule has 2 atom stereocenters. The lowest BCUT2D eigenvalue weighted by atomic mass is 10.1. The number of aromatic nitrogens is 1. The van der Waals surface area contributed by atoms with Crippen molar-refractivity contribution in [3.05, 3.63) is 65.5 Å². The van der Waals surface area contributed by atoms with Gasteiger partial charge in [-0.25, -0.2) is 8.78 Å². The zero-order valence-corrected chi connectivity index (χ0v) is 13.2. The second-order valence-corrected chi connectivity index (χ2v) is 6.67. The van der Waals surface area contributed by atoms with E-state index in [1.807, 2.05) is 17.0 Å². The maximum Gasteiger partial charge on any atom is 0.226 e. The first-order valence-corrected chi connectivity index (χ1v) is 8.28.